The second-order valence-electron chi connectivity index (χ2n) is 4.22. The van der Waals surface area contributed by atoms with Crippen molar-refractivity contribution in [3.63, 3.8) is 0 Å². The van der Waals surface area contributed by atoms with E-state index in [1.165, 1.54) is 35.6 Å². The number of carbonyl (C=O) groups is 1. The summed E-state index contributed by atoms with van der Waals surface area (Å²) >= 11 is 1.22. The van der Waals surface area contributed by atoms with Gasteiger partial charge in [0.1, 0.15) is 30.5 Å². The zero-order chi connectivity index (χ0) is 15.2. The predicted octanol–water partition coefficient (Wildman–Crippen LogP) is 3.61. The molecule has 0 amide bonds. The standard InChI is InChI=1S/C15H15FO4S/c1-2-12-9-13(14(21-12)15(17)18)20-8-7-19-11-5-3-10(16)4-6-11/h3-6,9H,2,7-8H2,1H3,(H,17,18). The van der Waals surface area contributed by atoms with Crippen molar-refractivity contribution in [2.45, 2.75) is 13.3 Å². The topological polar surface area (TPSA) is 55.8 Å². The van der Waals surface area contributed by atoms with Crippen molar-refractivity contribution in [2.75, 3.05) is 13.2 Å². The van der Waals surface area contributed by atoms with Crippen LogP contribution in [0.25, 0.3) is 0 Å². The molecule has 4 nitrogen and oxygen atoms in total. The summed E-state index contributed by atoms with van der Waals surface area (Å²) in [5.41, 5.74) is 0. The van der Waals surface area contributed by atoms with Gasteiger partial charge in [0.15, 0.2) is 4.88 Å². The first kappa shape index (κ1) is 15.3. The third-order valence-corrected chi connectivity index (χ3v) is 3.96. The lowest BCUT2D eigenvalue weighted by molar-refractivity contribution is 0.0697. The molecule has 21 heavy (non-hydrogen) atoms. The summed E-state index contributed by atoms with van der Waals surface area (Å²) in [6.07, 6.45) is 0.764. The Morgan fingerprint density at radius 3 is 2.52 bits per heavy atom. The highest BCUT2D eigenvalue weighted by molar-refractivity contribution is 7.14. The number of rotatable bonds is 7. The molecule has 0 aliphatic heterocycles. The number of benzene rings is 1. The van der Waals surface area contributed by atoms with E-state index in [1.54, 1.807) is 6.07 Å². The Kier molecular flexibility index (Phi) is 5.16. The highest BCUT2D eigenvalue weighted by Gasteiger charge is 2.16. The van der Waals surface area contributed by atoms with Crippen molar-refractivity contribution < 1.29 is 23.8 Å². The smallest absolute Gasteiger partial charge is 0.349 e. The molecule has 0 bridgehead atoms. The van der Waals surface area contributed by atoms with E-state index in [0.717, 1.165) is 11.3 Å². The number of aromatic carboxylic acids is 1. The van der Waals surface area contributed by atoms with Gasteiger partial charge in [0.05, 0.1) is 0 Å². The van der Waals surface area contributed by atoms with Gasteiger partial charge in [-0.05, 0) is 36.8 Å². The van der Waals surface area contributed by atoms with Crippen molar-refractivity contribution in [1.82, 2.24) is 0 Å². The molecule has 0 unspecified atom stereocenters. The summed E-state index contributed by atoms with van der Waals surface area (Å²) in [6.45, 7) is 2.43. The van der Waals surface area contributed by atoms with Gasteiger partial charge in [-0.15, -0.1) is 11.3 Å². The molecule has 1 aromatic heterocycles. The fraction of sp³-hybridized carbons (Fsp3) is 0.267. The summed E-state index contributed by atoms with van der Waals surface area (Å²) in [5.74, 6) is -0.408. The van der Waals surface area contributed by atoms with Gasteiger partial charge < -0.3 is 14.6 Å². The molecule has 1 N–H and O–H groups in total. The van der Waals surface area contributed by atoms with Crippen LogP contribution < -0.4 is 9.47 Å². The Morgan fingerprint density at radius 2 is 1.90 bits per heavy atom. The molecule has 112 valence electrons. The highest BCUT2D eigenvalue weighted by atomic mass is 32.1. The highest BCUT2D eigenvalue weighted by Crippen LogP contribution is 2.29. The number of hydrogen-bond donors (Lipinski definition) is 1. The molecule has 0 saturated heterocycles. The molecule has 0 radical (unpaired) electrons. The van der Waals surface area contributed by atoms with Crippen LogP contribution in [0.2, 0.25) is 0 Å². The van der Waals surface area contributed by atoms with Crippen LogP contribution in [0.5, 0.6) is 11.5 Å². The molecule has 0 saturated carbocycles. The third kappa shape index (κ3) is 4.19. The predicted molar refractivity (Wildman–Crippen MR) is 78.0 cm³/mol. The molecule has 0 fully saturated rings. The lowest BCUT2D eigenvalue weighted by atomic mass is 10.3. The molecule has 6 heteroatoms. The average Bonchev–Trinajstić information content (AvgIpc) is 2.89. The maximum absolute atomic E-state index is 12.7. The molecule has 0 atom stereocenters. The molecule has 0 spiro atoms. The van der Waals surface area contributed by atoms with Crippen LogP contribution in [-0.4, -0.2) is 24.3 Å². The summed E-state index contributed by atoms with van der Waals surface area (Å²) in [6, 6.07) is 7.41. The number of carboxylic acids is 1. The van der Waals surface area contributed by atoms with E-state index in [0.29, 0.717) is 11.5 Å². The first-order chi connectivity index (χ1) is 10.1. The van der Waals surface area contributed by atoms with E-state index in [-0.39, 0.29) is 23.9 Å². The SMILES string of the molecule is CCc1cc(OCCOc2ccc(F)cc2)c(C(=O)O)s1. The first-order valence-electron chi connectivity index (χ1n) is 6.47. The van der Waals surface area contributed by atoms with E-state index in [9.17, 15) is 9.18 Å². The number of hydrogen-bond acceptors (Lipinski definition) is 4. The van der Waals surface area contributed by atoms with Crippen LogP contribution in [0, 0.1) is 5.82 Å². The van der Waals surface area contributed by atoms with Gasteiger partial charge in [-0.2, -0.15) is 0 Å². The minimum absolute atomic E-state index is 0.202. The third-order valence-electron chi connectivity index (χ3n) is 2.71. The van der Waals surface area contributed by atoms with Gasteiger partial charge in [0, 0.05) is 4.88 Å². The molecule has 1 aromatic carbocycles. The van der Waals surface area contributed by atoms with Gasteiger partial charge >= 0.3 is 5.97 Å². The number of thiophene rings is 1. The molecule has 2 aromatic rings. The monoisotopic (exact) mass is 310 g/mol. The molecule has 0 aliphatic carbocycles. The van der Waals surface area contributed by atoms with Crippen LogP contribution >= 0.6 is 11.3 Å². The quantitative estimate of drug-likeness (QED) is 0.794. The van der Waals surface area contributed by atoms with Gasteiger partial charge in [-0.1, -0.05) is 6.92 Å². The van der Waals surface area contributed by atoms with Gasteiger partial charge in [-0.3, -0.25) is 0 Å². The molecular weight excluding hydrogens is 295 g/mol. The normalized spacial score (nSPS) is 10.4. The average molecular weight is 310 g/mol. The van der Waals surface area contributed by atoms with E-state index < -0.39 is 5.97 Å². The summed E-state index contributed by atoms with van der Waals surface area (Å²) in [4.78, 5) is 12.3. The van der Waals surface area contributed by atoms with Crippen LogP contribution in [0.4, 0.5) is 4.39 Å². The van der Waals surface area contributed by atoms with E-state index >= 15 is 0 Å². The zero-order valence-electron chi connectivity index (χ0n) is 11.5. The number of carboxylic acid groups (broad SMARTS) is 1. The minimum Gasteiger partial charge on any atom is -0.490 e. The largest absolute Gasteiger partial charge is 0.490 e. The van der Waals surface area contributed by atoms with Crippen LogP contribution in [-0.2, 0) is 6.42 Å². The number of aryl methyl sites for hydroxylation is 1. The second kappa shape index (κ2) is 7.08. The van der Waals surface area contributed by atoms with E-state index in [1.807, 2.05) is 6.92 Å². The van der Waals surface area contributed by atoms with Crippen LogP contribution in [0.3, 0.4) is 0 Å². The van der Waals surface area contributed by atoms with Crippen molar-refractivity contribution >= 4 is 17.3 Å². The molecule has 1 heterocycles. The maximum atomic E-state index is 12.7. The Hall–Kier alpha value is -2.08. The Balaban J connectivity index is 1.87. The number of halogens is 1. The summed E-state index contributed by atoms with van der Waals surface area (Å²) in [5, 5.41) is 9.10. The zero-order valence-corrected chi connectivity index (χ0v) is 12.3. The Bertz CT molecular complexity index is 607. The molecular formula is C15H15FO4S. The summed E-state index contributed by atoms with van der Waals surface area (Å²) in [7, 11) is 0. The van der Waals surface area contributed by atoms with E-state index in [4.69, 9.17) is 14.6 Å². The van der Waals surface area contributed by atoms with Crippen molar-refractivity contribution in [3.05, 3.63) is 45.9 Å². The van der Waals surface area contributed by atoms with Crippen molar-refractivity contribution in [1.29, 1.82) is 0 Å². The van der Waals surface area contributed by atoms with E-state index in [2.05, 4.69) is 0 Å². The van der Waals surface area contributed by atoms with Crippen LogP contribution in [0.15, 0.2) is 30.3 Å². The van der Waals surface area contributed by atoms with Gasteiger partial charge in [-0.25, -0.2) is 9.18 Å². The summed E-state index contributed by atoms with van der Waals surface area (Å²) < 4.78 is 23.6. The van der Waals surface area contributed by atoms with Crippen molar-refractivity contribution in [2.24, 2.45) is 0 Å². The van der Waals surface area contributed by atoms with Crippen molar-refractivity contribution in [3.8, 4) is 11.5 Å². The fourth-order valence-corrected chi connectivity index (χ4v) is 2.57. The lowest BCUT2D eigenvalue weighted by Crippen LogP contribution is -2.10. The lowest BCUT2D eigenvalue weighted by Gasteiger charge is -2.07. The van der Waals surface area contributed by atoms with Gasteiger partial charge in [0.25, 0.3) is 0 Å². The molecule has 0 aliphatic rings. The van der Waals surface area contributed by atoms with Crippen LogP contribution in [0.1, 0.15) is 21.5 Å². The molecule has 2 rings (SSSR count). The minimum atomic E-state index is -0.992. The Morgan fingerprint density at radius 1 is 1.24 bits per heavy atom. The number of ether oxygens (including phenoxy) is 2. The fourth-order valence-electron chi connectivity index (χ4n) is 1.70. The van der Waals surface area contributed by atoms with Gasteiger partial charge in [0.2, 0.25) is 0 Å². The Labute approximate surface area is 125 Å². The first-order valence-corrected chi connectivity index (χ1v) is 7.29. The second-order valence-corrected chi connectivity index (χ2v) is 5.35. The maximum Gasteiger partial charge on any atom is 0.349 e.